The van der Waals surface area contributed by atoms with Gasteiger partial charge in [0.25, 0.3) is 0 Å². The Hall–Kier alpha value is -1.35. The molecule has 68 valence electrons. The van der Waals surface area contributed by atoms with E-state index in [1.165, 1.54) is 10.9 Å². The number of pyridine rings is 1. The SMILES string of the molecule is CC(CN)c1c[nH]c2ncccc12. The average molecular weight is 175 g/mol. The first-order valence-electron chi connectivity index (χ1n) is 4.45. The zero-order valence-electron chi connectivity index (χ0n) is 7.62. The Morgan fingerprint density at radius 2 is 2.46 bits per heavy atom. The molecule has 0 amide bonds. The summed E-state index contributed by atoms with van der Waals surface area (Å²) in [5.41, 5.74) is 7.82. The first kappa shape index (κ1) is 8.26. The zero-order chi connectivity index (χ0) is 9.26. The van der Waals surface area contributed by atoms with Crippen LogP contribution in [0.4, 0.5) is 0 Å². The molecule has 3 nitrogen and oxygen atoms in total. The van der Waals surface area contributed by atoms with Crippen molar-refractivity contribution in [2.45, 2.75) is 12.8 Å². The maximum atomic E-state index is 5.62. The van der Waals surface area contributed by atoms with E-state index in [1.807, 2.05) is 12.3 Å². The van der Waals surface area contributed by atoms with Gasteiger partial charge in [0.15, 0.2) is 0 Å². The molecule has 0 spiro atoms. The van der Waals surface area contributed by atoms with Crippen LogP contribution in [-0.2, 0) is 0 Å². The minimum absolute atomic E-state index is 0.387. The molecule has 1 unspecified atom stereocenters. The lowest BCUT2D eigenvalue weighted by molar-refractivity contribution is 0.780. The predicted octanol–water partition coefficient (Wildman–Crippen LogP) is 1.63. The van der Waals surface area contributed by atoms with Crippen LogP contribution in [0, 0.1) is 0 Å². The number of aromatic amines is 1. The van der Waals surface area contributed by atoms with Crippen LogP contribution in [0.1, 0.15) is 18.4 Å². The molecule has 0 saturated heterocycles. The van der Waals surface area contributed by atoms with E-state index in [0.717, 1.165) is 5.65 Å². The first-order chi connectivity index (χ1) is 6.33. The molecule has 0 radical (unpaired) electrons. The molecule has 0 saturated carbocycles. The lowest BCUT2D eigenvalue weighted by atomic mass is 10.0. The number of rotatable bonds is 2. The zero-order valence-corrected chi connectivity index (χ0v) is 7.62. The van der Waals surface area contributed by atoms with Crippen molar-refractivity contribution in [2.75, 3.05) is 6.54 Å². The van der Waals surface area contributed by atoms with Crippen molar-refractivity contribution in [3.05, 3.63) is 30.1 Å². The van der Waals surface area contributed by atoms with Gasteiger partial charge in [0, 0.05) is 17.8 Å². The van der Waals surface area contributed by atoms with Gasteiger partial charge < -0.3 is 10.7 Å². The van der Waals surface area contributed by atoms with Gasteiger partial charge in [0.2, 0.25) is 0 Å². The van der Waals surface area contributed by atoms with E-state index in [0.29, 0.717) is 12.5 Å². The summed E-state index contributed by atoms with van der Waals surface area (Å²) in [6.45, 7) is 2.79. The second-order valence-corrected chi connectivity index (χ2v) is 3.28. The standard InChI is InChI=1S/C10H13N3/c1-7(5-11)9-6-13-10-8(9)3-2-4-12-10/h2-4,6-7H,5,11H2,1H3,(H,12,13). The van der Waals surface area contributed by atoms with Gasteiger partial charge in [-0.2, -0.15) is 0 Å². The Bertz CT molecular complexity index is 405. The molecule has 0 aliphatic carbocycles. The van der Waals surface area contributed by atoms with Gasteiger partial charge in [0.1, 0.15) is 5.65 Å². The number of nitrogens with two attached hydrogens (primary N) is 1. The van der Waals surface area contributed by atoms with E-state index < -0.39 is 0 Å². The normalized spacial score (nSPS) is 13.4. The van der Waals surface area contributed by atoms with Gasteiger partial charge >= 0.3 is 0 Å². The molecule has 2 aromatic heterocycles. The van der Waals surface area contributed by atoms with Crippen molar-refractivity contribution in [3.8, 4) is 0 Å². The fraction of sp³-hybridized carbons (Fsp3) is 0.300. The van der Waals surface area contributed by atoms with E-state index in [1.54, 1.807) is 6.20 Å². The topological polar surface area (TPSA) is 54.7 Å². The maximum absolute atomic E-state index is 5.62. The molecule has 2 rings (SSSR count). The van der Waals surface area contributed by atoms with E-state index in [-0.39, 0.29) is 0 Å². The summed E-state index contributed by atoms with van der Waals surface area (Å²) in [5.74, 6) is 0.387. The molecule has 0 aliphatic heterocycles. The van der Waals surface area contributed by atoms with Gasteiger partial charge in [-0.1, -0.05) is 6.92 Å². The number of hydrogen-bond donors (Lipinski definition) is 2. The monoisotopic (exact) mass is 175 g/mol. The van der Waals surface area contributed by atoms with Crippen LogP contribution in [0.15, 0.2) is 24.5 Å². The summed E-state index contributed by atoms with van der Waals surface area (Å²) in [6.07, 6.45) is 3.78. The molecule has 2 aromatic rings. The van der Waals surface area contributed by atoms with Crippen molar-refractivity contribution in [1.29, 1.82) is 0 Å². The van der Waals surface area contributed by atoms with Crippen LogP contribution in [0.25, 0.3) is 11.0 Å². The number of nitrogens with one attached hydrogen (secondary N) is 1. The predicted molar refractivity (Wildman–Crippen MR) is 53.6 cm³/mol. The molecular weight excluding hydrogens is 162 g/mol. The molecule has 13 heavy (non-hydrogen) atoms. The summed E-state index contributed by atoms with van der Waals surface area (Å²) in [7, 11) is 0. The van der Waals surface area contributed by atoms with E-state index in [2.05, 4.69) is 23.0 Å². The summed E-state index contributed by atoms with van der Waals surface area (Å²) in [6, 6.07) is 4.02. The fourth-order valence-corrected chi connectivity index (χ4v) is 1.51. The molecule has 2 heterocycles. The Morgan fingerprint density at radius 3 is 3.23 bits per heavy atom. The smallest absolute Gasteiger partial charge is 0.137 e. The molecule has 0 fully saturated rings. The summed E-state index contributed by atoms with van der Waals surface area (Å²) in [4.78, 5) is 7.36. The van der Waals surface area contributed by atoms with Crippen LogP contribution in [-0.4, -0.2) is 16.5 Å². The van der Waals surface area contributed by atoms with Crippen molar-refractivity contribution in [1.82, 2.24) is 9.97 Å². The van der Waals surface area contributed by atoms with Gasteiger partial charge in [-0.3, -0.25) is 0 Å². The summed E-state index contributed by atoms with van der Waals surface area (Å²) in [5, 5.41) is 1.18. The highest BCUT2D eigenvalue weighted by molar-refractivity contribution is 5.80. The van der Waals surface area contributed by atoms with Gasteiger partial charge in [-0.05, 0) is 30.2 Å². The number of fused-ring (bicyclic) bond motifs is 1. The van der Waals surface area contributed by atoms with Gasteiger partial charge in [0.05, 0.1) is 0 Å². The third-order valence-corrected chi connectivity index (χ3v) is 2.37. The van der Waals surface area contributed by atoms with E-state index in [9.17, 15) is 0 Å². The first-order valence-corrected chi connectivity index (χ1v) is 4.45. The highest BCUT2D eigenvalue weighted by atomic mass is 14.8. The third-order valence-electron chi connectivity index (χ3n) is 2.37. The van der Waals surface area contributed by atoms with Crippen LogP contribution in [0.2, 0.25) is 0 Å². The Morgan fingerprint density at radius 1 is 1.62 bits per heavy atom. The molecule has 3 heteroatoms. The van der Waals surface area contributed by atoms with Gasteiger partial charge in [-0.25, -0.2) is 4.98 Å². The molecular formula is C10H13N3. The lowest BCUT2D eigenvalue weighted by Crippen LogP contribution is -2.08. The molecule has 3 N–H and O–H groups in total. The Labute approximate surface area is 77.0 Å². The van der Waals surface area contributed by atoms with Crippen LogP contribution in [0.3, 0.4) is 0 Å². The second-order valence-electron chi connectivity index (χ2n) is 3.28. The number of H-pyrrole nitrogens is 1. The Kier molecular flexibility index (Phi) is 2.02. The third kappa shape index (κ3) is 1.31. The van der Waals surface area contributed by atoms with Crippen molar-refractivity contribution in [2.24, 2.45) is 5.73 Å². The molecule has 1 atom stereocenters. The number of hydrogen-bond acceptors (Lipinski definition) is 2. The molecule has 0 aromatic carbocycles. The Balaban J connectivity index is 2.57. The lowest BCUT2D eigenvalue weighted by Gasteiger charge is -2.05. The average Bonchev–Trinajstić information content (AvgIpc) is 2.60. The van der Waals surface area contributed by atoms with Crippen LogP contribution < -0.4 is 5.73 Å². The van der Waals surface area contributed by atoms with Crippen molar-refractivity contribution < 1.29 is 0 Å². The number of aromatic nitrogens is 2. The number of nitrogens with zero attached hydrogens (tertiary/aromatic N) is 1. The quantitative estimate of drug-likeness (QED) is 0.728. The summed E-state index contributed by atoms with van der Waals surface area (Å²) >= 11 is 0. The highest BCUT2D eigenvalue weighted by Crippen LogP contribution is 2.22. The van der Waals surface area contributed by atoms with Crippen molar-refractivity contribution >= 4 is 11.0 Å². The molecule has 0 bridgehead atoms. The van der Waals surface area contributed by atoms with E-state index >= 15 is 0 Å². The summed E-state index contributed by atoms with van der Waals surface area (Å²) < 4.78 is 0. The molecule has 0 aliphatic rings. The fourth-order valence-electron chi connectivity index (χ4n) is 1.51. The minimum Gasteiger partial charge on any atom is -0.346 e. The van der Waals surface area contributed by atoms with Gasteiger partial charge in [-0.15, -0.1) is 0 Å². The van der Waals surface area contributed by atoms with Crippen LogP contribution >= 0.6 is 0 Å². The largest absolute Gasteiger partial charge is 0.346 e. The highest BCUT2D eigenvalue weighted by Gasteiger charge is 2.09. The minimum atomic E-state index is 0.387. The second kappa shape index (κ2) is 3.18. The maximum Gasteiger partial charge on any atom is 0.137 e. The van der Waals surface area contributed by atoms with E-state index in [4.69, 9.17) is 5.73 Å². The van der Waals surface area contributed by atoms with Crippen LogP contribution in [0.5, 0.6) is 0 Å². The van der Waals surface area contributed by atoms with Crippen molar-refractivity contribution in [3.63, 3.8) is 0 Å².